The maximum atomic E-state index is 13.1. The normalized spacial score (nSPS) is 9.11. The van der Waals surface area contributed by atoms with Crippen LogP contribution in [0.5, 0.6) is 0 Å². The highest BCUT2D eigenvalue weighted by Crippen LogP contribution is 2.24. The van der Waals surface area contributed by atoms with Crippen LogP contribution in [0, 0.1) is 23.3 Å². The number of hydrogen-bond donors (Lipinski definition) is 2. The maximum Gasteiger partial charge on any atom is 0.341 e. The summed E-state index contributed by atoms with van der Waals surface area (Å²) >= 11 is 0. The molecule has 10 heteroatoms. The molecule has 4 nitrogen and oxygen atoms in total. The van der Waals surface area contributed by atoms with E-state index in [2.05, 4.69) is 0 Å². The number of carbonyl (C=O) groups is 2. The Kier molecular flexibility index (Phi) is 6.70. The summed E-state index contributed by atoms with van der Waals surface area (Å²) < 4.78 is 51.4. The molecule has 18 heavy (non-hydrogen) atoms. The van der Waals surface area contributed by atoms with Crippen LogP contribution in [0.3, 0.4) is 0 Å². The summed E-state index contributed by atoms with van der Waals surface area (Å²) in [5.41, 5.74) is -3.70. The predicted molar refractivity (Wildman–Crippen MR) is 54.7 cm³/mol. The Morgan fingerprint density at radius 2 is 0.944 bits per heavy atom. The molecule has 0 aliphatic heterocycles. The maximum absolute atomic E-state index is 13.1. The summed E-state index contributed by atoms with van der Waals surface area (Å²) in [6, 6.07) is 0. The Morgan fingerprint density at radius 3 is 1.17 bits per heavy atom. The van der Waals surface area contributed by atoms with Gasteiger partial charge in [0.15, 0.2) is 23.3 Å². The molecule has 0 unspecified atom stereocenters. The van der Waals surface area contributed by atoms with Crippen molar-refractivity contribution >= 4 is 36.8 Å². The summed E-state index contributed by atoms with van der Waals surface area (Å²) in [5.74, 6) is -13.6. The van der Waals surface area contributed by atoms with Gasteiger partial charge in [0.25, 0.3) is 0 Å². The van der Waals surface area contributed by atoms with Crippen molar-refractivity contribution in [1.82, 2.24) is 0 Å². The van der Waals surface area contributed by atoms with Gasteiger partial charge in [-0.05, 0) is 0 Å². The van der Waals surface area contributed by atoms with Crippen molar-refractivity contribution < 1.29 is 37.4 Å². The van der Waals surface area contributed by atoms with E-state index >= 15 is 0 Å². The van der Waals surface area contributed by atoms with Gasteiger partial charge in [0, 0.05) is 0 Å². The first kappa shape index (κ1) is 18.8. The molecular weight excluding hydrogens is 307 g/mol. The number of hydrogen-bond acceptors (Lipinski definition) is 2. The van der Waals surface area contributed by atoms with Crippen molar-refractivity contribution in [2.75, 3.05) is 0 Å². The number of carboxylic acids is 2. The molecular formula is C8H4Cl2F4O4. The largest absolute Gasteiger partial charge is 0.477 e. The second-order valence-electron chi connectivity index (χ2n) is 2.62. The SMILES string of the molecule is Cl.Cl.O=C(O)c1c(F)c(F)c(F)c(C(=O)O)c1F. The van der Waals surface area contributed by atoms with E-state index in [4.69, 9.17) is 10.2 Å². The molecule has 102 valence electrons. The summed E-state index contributed by atoms with van der Waals surface area (Å²) in [7, 11) is 0. The predicted octanol–water partition coefficient (Wildman–Crippen LogP) is 2.48. The minimum atomic E-state index is -2.35. The first-order chi connectivity index (χ1) is 7.29. The van der Waals surface area contributed by atoms with Crippen LogP contribution in [0.25, 0.3) is 0 Å². The number of halogens is 6. The standard InChI is InChI=1S/C8H2F4O4.2ClH/c9-3-1(7(13)14)4(10)6(12)5(11)2(3)8(15)16;;/h(H,13,14)(H,15,16);2*1H. The molecule has 0 aliphatic rings. The second kappa shape index (κ2) is 6.41. The average molecular weight is 311 g/mol. The fourth-order valence-corrected chi connectivity index (χ4v) is 1.01. The van der Waals surface area contributed by atoms with E-state index in [9.17, 15) is 27.2 Å². The quantitative estimate of drug-likeness (QED) is 0.500. The molecule has 0 bridgehead atoms. The highest BCUT2D eigenvalue weighted by Gasteiger charge is 2.32. The summed E-state index contributed by atoms with van der Waals surface area (Å²) in [6.07, 6.45) is 0. The van der Waals surface area contributed by atoms with E-state index in [1.165, 1.54) is 0 Å². The monoisotopic (exact) mass is 310 g/mol. The van der Waals surface area contributed by atoms with E-state index in [0.717, 1.165) is 0 Å². The highest BCUT2D eigenvalue weighted by molar-refractivity contribution is 5.94. The molecule has 1 rings (SSSR count). The van der Waals surface area contributed by atoms with Gasteiger partial charge in [-0.2, -0.15) is 0 Å². The smallest absolute Gasteiger partial charge is 0.341 e. The van der Waals surface area contributed by atoms with Crippen molar-refractivity contribution in [3.8, 4) is 0 Å². The lowest BCUT2D eigenvalue weighted by molar-refractivity contribution is 0.0677. The first-order valence-corrected chi connectivity index (χ1v) is 3.61. The lowest BCUT2D eigenvalue weighted by Gasteiger charge is -2.06. The van der Waals surface area contributed by atoms with E-state index in [1.807, 2.05) is 0 Å². The zero-order valence-corrected chi connectivity index (χ0v) is 9.67. The molecule has 0 saturated heterocycles. The Labute approximate surface area is 109 Å². The molecule has 1 aromatic carbocycles. The van der Waals surface area contributed by atoms with Gasteiger partial charge in [0.05, 0.1) is 0 Å². The number of carboxylic acid groups (broad SMARTS) is 2. The molecule has 1 aromatic rings. The van der Waals surface area contributed by atoms with E-state index < -0.39 is 46.3 Å². The summed E-state index contributed by atoms with van der Waals surface area (Å²) in [6.45, 7) is 0. The Bertz CT molecular complexity index is 465. The Hall–Kier alpha value is -1.54. The molecule has 0 atom stereocenters. The number of benzene rings is 1. The highest BCUT2D eigenvalue weighted by atomic mass is 35.5. The van der Waals surface area contributed by atoms with Crippen LogP contribution in [-0.4, -0.2) is 22.2 Å². The van der Waals surface area contributed by atoms with Crippen molar-refractivity contribution in [2.45, 2.75) is 0 Å². The molecule has 0 fully saturated rings. The van der Waals surface area contributed by atoms with Gasteiger partial charge in [-0.1, -0.05) is 0 Å². The van der Waals surface area contributed by atoms with Crippen LogP contribution in [0.15, 0.2) is 0 Å². The minimum Gasteiger partial charge on any atom is -0.477 e. The fraction of sp³-hybridized carbons (Fsp3) is 0. The Morgan fingerprint density at radius 1 is 0.667 bits per heavy atom. The third-order valence-electron chi connectivity index (χ3n) is 1.69. The van der Waals surface area contributed by atoms with Gasteiger partial charge in [-0.15, -0.1) is 24.8 Å². The average Bonchev–Trinajstić information content (AvgIpc) is 2.13. The molecule has 0 aliphatic carbocycles. The Balaban J connectivity index is 0. The molecule has 2 N–H and O–H groups in total. The van der Waals surface area contributed by atoms with Gasteiger partial charge >= 0.3 is 11.9 Å². The molecule has 0 aromatic heterocycles. The topological polar surface area (TPSA) is 74.6 Å². The van der Waals surface area contributed by atoms with Crippen LogP contribution in [-0.2, 0) is 0 Å². The second-order valence-corrected chi connectivity index (χ2v) is 2.62. The molecule has 0 saturated carbocycles. The van der Waals surface area contributed by atoms with Crippen LogP contribution in [0.1, 0.15) is 20.7 Å². The zero-order valence-electron chi connectivity index (χ0n) is 8.04. The third-order valence-corrected chi connectivity index (χ3v) is 1.69. The van der Waals surface area contributed by atoms with Crippen molar-refractivity contribution in [3.63, 3.8) is 0 Å². The first-order valence-electron chi connectivity index (χ1n) is 3.61. The number of aromatic carboxylic acids is 2. The van der Waals surface area contributed by atoms with Crippen molar-refractivity contribution in [1.29, 1.82) is 0 Å². The van der Waals surface area contributed by atoms with Gasteiger partial charge in [-0.25, -0.2) is 27.2 Å². The van der Waals surface area contributed by atoms with Crippen LogP contribution >= 0.6 is 24.8 Å². The van der Waals surface area contributed by atoms with Crippen molar-refractivity contribution in [2.24, 2.45) is 0 Å². The van der Waals surface area contributed by atoms with Crippen LogP contribution in [0.4, 0.5) is 17.6 Å². The van der Waals surface area contributed by atoms with E-state index in [0.29, 0.717) is 0 Å². The van der Waals surface area contributed by atoms with Crippen LogP contribution < -0.4 is 0 Å². The van der Waals surface area contributed by atoms with E-state index in [1.54, 1.807) is 0 Å². The summed E-state index contributed by atoms with van der Waals surface area (Å²) in [4.78, 5) is 20.6. The zero-order chi connectivity index (χ0) is 12.6. The van der Waals surface area contributed by atoms with Crippen molar-refractivity contribution in [3.05, 3.63) is 34.4 Å². The third kappa shape index (κ3) is 2.82. The van der Waals surface area contributed by atoms with Gasteiger partial charge in [0.1, 0.15) is 11.1 Å². The summed E-state index contributed by atoms with van der Waals surface area (Å²) in [5, 5.41) is 16.6. The number of rotatable bonds is 2. The van der Waals surface area contributed by atoms with Gasteiger partial charge < -0.3 is 10.2 Å². The lowest BCUT2D eigenvalue weighted by Crippen LogP contribution is -2.16. The van der Waals surface area contributed by atoms with Gasteiger partial charge in [-0.3, -0.25) is 0 Å². The molecule has 0 amide bonds. The van der Waals surface area contributed by atoms with Gasteiger partial charge in [0.2, 0.25) is 0 Å². The lowest BCUT2D eigenvalue weighted by atomic mass is 10.1. The minimum absolute atomic E-state index is 0. The molecule has 0 spiro atoms. The van der Waals surface area contributed by atoms with E-state index in [-0.39, 0.29) is 24.8 Å². The molecule has 0 heterocycles. The molecule has 0 radical (unpaired) electrons. The fourth-order valence-electron chi connectivity index (χ4n) is 1.01. The van der Waals surface area contributed by atoms with Crippen LogP contribution in [0.2, 0.25) is 0 Å².